The first-order chi connectivity index (χ1) is 10.2. The molecule has 5 nitrogen and oxygen atoms in total. The summed E-state index contributed by atoms with van der Waals surface area (Å²) in [5.74, 6) is 1.18. The lowest BCUT2D eigenvalue weighted by Crippen LogP contribution is -2.34. The highest BCUT2D eigenvalue weighted by Gasteiger charge is 2.26. The monoisotopic (exact) mass is 287 g/mol. The molecule has 0 aromatic carbocycles. The maximum atomic E-state index is 4.61. The molecular weight excluding hydrogens is 262 g/mol. The van der Waals surface area contributed by atoms with E-state index in [4.69, 9.17) is 0 Å². The maximum Gasteiger partial charge on any atom is 0.122 e. The van der Waals surface area contributed by atoms with Crippen LogP contribution in [0.3, 0.4) is 0 Å². The quantitative estimate of drug-likeness (QED) is 0.847. The van der Waals surface area contributed by atoms with Crippen molar-refractivity contribution in [3.05, 3.63) is 35.7 Å². The molecule has 3 heterocycles. The van der Waals surface area contributed by atoms with Crippen LogP contribution in [-0.2, 0) is 19.6 Å². The third-order valence-corrected chi connectivity index (χ3v) is 4.47. The Morgan fingerprint density at radius 3 is 2.90 bits per heavy atom. The van der Waals surface area contributed by atoms with Crippen molar-refractivity contribution in [2.75, 3.05) is 6.54 Å². The number of likely N-dealkylation sites (tertiary alicyclic amines) is 1. The van der Waals surface area contributed by atoms with Gasteiger partial charge in [-0.25, -0.2) is 4.98 Å². The Bertz CT molecular complexity index is 598. The number of hydrogen-bond acceptors (Lipinski definition) is 3. The molecular formula is C16H25N5. The molecule has 0 radical (unpaired) electrons. The van der Waals surface area contributed by atoms with Crippen LogP contribution >= 0.6 is 0 Å². The van der Waals surface area contributed by atoms with Gasteiger partial charge in [-0.15, -0.1) is 0 Å². The Labute approximate surface area is 126 Å². The molecule has 1 fully saturated rings. The number of hydrogen-bond donors (Lipinski definition) is 0. The minimum absolute atomic E-state index is 0.574. The molecule has 0 bridgehead atoms. The normalized spacial score (nSPS) is 19.5. The van der Waals surface area contributed by atoms with Gasteiger partial charge in [0.15, 0.2) is 0 Å². The van der Waals surface area contributed by atoms with Gasteiger partial charge in [-0.3, -0.25) is 9.58 Å². The van der Waals surface area contributed by atoms with Crippen LogP contribution in [0.1, 0.15) is 37.0 Å². The molecule has 114 valence electrons. The minimum atomic E-state index is 0.574. The first-order valence-electron chi connectivity index (χ1n) is 7.92. The molecule has 5 heteroatoms. The van der Waals surface area contributed by atoms with Crippen molar-refractivity contribution in [3.8, 4) is 0 Å². The zero-order valence-electron chi connectivity index (χ0n) is 13.3. The molecule has 1 aliphatic rings. The Balaban J connectivity index is 1.69. The number of aromatic nitrogens is 4. The van der Waals surface area contributed by atoms with Gasteiger partial charge < -0.3 is 4.57 Å². The Morgan fingerprint density at radius 1 is 1.33 bits per heavy atom. The molecule has 0 aliphatic carbocycles. The van der Waals surface area contributed by atoms with Crippen LogP contribution in [0.5, 0.6) is 0 Å². The van der Waals surface area contributed by atoms with Gasteiger partial charge in [0.25, 0.3) is 0 Å². The fourth-order valence-electron chi connectivity index (χ4n) is 3.33. The summed E-state index contributed by atoms with van der Waals surface area (Å²) < 4.78 is 4.39. The van der Waals surface area contributed by atoms with E-state index in [0.717, 1.165) is 25.3 Å². The summed E-state index contributed by atoms with van der Waals surface area (Å²) >= 11 is 0. The molecule has 1 aliphatic heterocycles. The lowest BCUT2D eigenvalue weighted by molar-refractivity contribution is 0.210. The van der Waals surface area contributed by atoms with Crippen molar-refractivity contribution in [2.45, 2.75) is 59.3 Å². The van der Waals surface area contributed by atoms with E-state index < -0.39 is 0 Å². The first kappa shape index (κ1) is 14.3. The Morgan fingerprint density at radius 2 is 2.19 bits per heavy atom. The highest BCUT2D eigenvalue weighted by atomic mass is 15.3. The fourth-order valence-corrected chi connectivity index (χ4v) is 3.33. The highest BCUT2D eigenvalue weighted by Crippen LogP contribution is 2.21. The number of imidazole rings is 1. The molecule has 0 amide bonds. The molecule has 0 N–H and O–H groups in total. The topological polar surface area (TPSA) is 38.9 Å². The van der Waals surface area contributed by atoms with Crippen molar-refractivity contribution in [1.29, 1.82) is 0 Å². The van der Waals surface area contributed by atoms with Crippen LogP contribution in [0.2, 0.25) is 0 Å². The average Bonchev–Trinajstić information content (AvgIpc) is 3.14. The highest BCUT2D eigenvalue weighted by molar-refractivity contribution is 5.07. The lowest BCUT2D eigenvalue weighted by atomic mass is 10.2. The molecule has 0 spiro atoms. The van der Waals surface area contributed by atoms with E-state index in [1.165, 1.54) is 30.9 Å². The van der Waals surface area contributed by atoms with Crippen molar-refractivity contribution in [1.82, 2.24) is 24.2 Å². The lowest BCUT2D eigenvalue weighted by Gasteiger charge is -2.24. The standard InChI is InChI=1S/C16H25N5/c1-4-19-9-7-17-16(19)12-20-8-5-6-15(20)11-21-14(3)10-13(2)18-21/h7,9-10,15H,4-6,8,11-12H2,1-3H3/t15-/m0/s1. The van der Waals surface area contributed by atoms with Gasteiger partial charge in [-0.1, -0.05) is 0 Å². The number of nitrogens with zero attached hydrogens (tertiary/aromatic N) is 5. The van der Waals surface area contributed by atoms with Gasteiger partial charge in [0.05, 0.1) is 18.8 Å². The van der Waals surface area contributed by atoms with Crippen LogP contribution in [0.4, 0.5) is 0 Å². The molecule has 21 heavy (non-hydrogen) atoms. The van der Waals surface area contributed by atoms with E-state index >= 15 is 0 Å². The van der Waals surface area contributed by atoms with E-state index in [0.29, 0.717) is 6.04 Å². The van der Waals surface area contributed by atoms with Crippen molar-refractivity contribution >= 4 is 0 Å². The average molecular weight is 287 g/mol. The Kier molecular flexibility index (Phi) is 4.10. The van der Waals surface area contributed by atoms with Crippen LogP contribution < -0.4 is 0 Å². The van der Waals surface area contributed by atoms with Gasteiger partial charge in [-0.2, -0.15) is 5.10 Å². The largest absolute Gasteiger partial charge is 0.334 e. The van der Waals surface area contributed by atoms with Gasteiger partial charge in [0, 0.05) is 30.7 Å². The molecule has 2 aromatic rings. The van der Waals surface area contributed by atoms with E-state index in [1.807, 2.05) is 6.20 Å². The molecule has 1 atom stereocenters. The predicted molar refractivity (Wildman–Crippen MR) is 83.0 cm³/mol. The second kappa shape index (κ2) is 6.02. The summed E-state index contributed by atoms with van der Waals surface area (Å²) in [6.45, 7) is 10.5. The van der Waals surface area contributed by atoms with Crippen LogP contribution in [0, 0.1) is 13.8 Å². The van der Waals surface area contributed by atoms with E-state index in [9.17, 15) is 0 Å². The zero-order chi connectivity index (χ0) is 14.8. The summed E-state index contributed by atoms with van der Waals surface area (Å²) in [4.78, 5) is 7.07. The van der Waals surface area contributed by atoms with Crippen LogP contribution in [-0.4, -0.2) is 36.8 Å². The summed E-state index contributed by atoms with van der Waals surface area (Å²) in [6.07, 6.45) is 6.51. The van der Waals surface area contributed by atoms with Crippen molar-refractivity contribution in [2.24, 2.45) is 0 Å². The summed E-state index contributed by atoms with van der Waals surface area (Å²) in [5, 5.41) is 4.61. The van der Waals surface area contributed by atoms with Crippen LogP contribution in [0.25, 0.3) is 0 Å². The van der Waals surface area contributed by atoms with Crippen molar-refractivity contribution in [3.63, 3.8) is 0 Å². The molecule has 1 saturated heterocycles. The SMILES string of the molecule is CCn1ccnc1CN1CCC[C@H]1Cn1nc(C)cc1C. The zero-order valence-corrected chi connectivity index (χ0v) is 13.3. The minimum Gasteiger partial charge on any atom is -0.334 e. The maximum absolute atomic E-state index is 4.61. The van der Waals surface area contributed by atoms with Gasteiger partial charge in [-0.05, 0) is 46.2 Å². The molecule has 3 rings (SSSR count). The summed E-state index contributed by atoms with van der Waals surface area (Å²) in [7, 11) is 0. The van der Waals surface area contributed by atoms with E-state index in [2.05, 4.69) is 57.3 Å². The molecule has 0 unspecified atom stereocenters. The third-order valence-electron chi connectivity index (χ3n) is 4.47. The van der Waals surface area contributed by atoms with Gasteiger partial charge in [0.2, 0.25) is 0 Å². The van der Waals surface area contributed by atoms with Gasteiger partial charge in [0.1, 0.15) is 5.82 Å². The van der Waals surface area contributed by atoms with Crippen molar-refractivity contribution < 1.29 is 0 Å². The smallest absolute Gasteiger partial charge is 0.122 e. The van der Waals surface area contributed by atoms with E-state index in [1.54, 1.807) is 0 Å². The first-order valence-corrected chi connectivity index (χ1v) is 7.92. The third kappa shape index (κ3) is 3.02. The number of aryl methyl sites for hydroxylation is 3. The molecule has 2 aromatic heterocycles. The summed E-state index contributed by atoms with van der Waals surface area (Å²) in [6, 6.07) is 2.73. The molecule has 0 saturated carbocycles. The van der Waals surface area contributed by atoms with Gasteiger partial charge >= 0.3 is 0 Å². The van der Waals surface area contributed by atoms with Crippen LogP contribution in [0.15, 0.2) is 18.5 Å². The van der Waals surface area contributed by atoms with E-state index in [-0.39, 0.29) is 0 Å². The number of rotatable bonds is 5. The Hall–Kier alpha value is -1.62. The fraction of sp³-hybridized carbons (Fsp3) is 0.625. The second-order valence-corrected chi connectivity index (χ2v) is 6.01. The predicted octanol–water partition coefficient (Wildman–Crippen LogP) is 2.38. The second-order valence-electron chi connectivity index (χ2n) is 6.01. The summed E-state index contributed by atoms with van der Waals surface area (Å²) in [5.41, 5.74) is 2.37.